The summed E-state index contributed by atoms with van der Waals surface area (Å²) in [5.74, 6) is 1.61. The smallest absolute Gasteiger partial charge is 0.110 e. The lowest BCUT2D eigenvalue weighted by Crippen LogP contribution is -2.13. The van der Waals surface area contributed by atoms with Gasteiger partial charge in [0.2, 0.25) is 0 Å². The van der Waals surface area contributed by atoms with Crippen LogP contribution in [0.3, 0.4) is 0 Å². The van der Waals surface area contributed by atoms with Crippen molar-refractivity contribution in [2.75, 3.05) is 13.6 Å². The van der Waals surface area contributed by atoms with E-state index < -0.39 is 0 Å². The minimum Gasteiger partial charge on any atom is -0.326 e. The molecule has 1 N–H and O–H groups in total. The second kappa shape index (κ2) is 4.94. The minimum absolute atomic E-state index is 0.471. The number of aromatic nitrogens is 2. The van der Waals surface area contributed by atoms with Crippen LogP contribution >= 0.6 is 15.9 Å². The van der Waals surface area contributed by atoms with Crippen LogP contribution in [0.2, 0.25) is 0 Å². The van der Waals surface area contributed by atoms with Crippen LogP contribution in [0.15, 0.2) is 4.60 Å². The fraction of sp³-hybridized carbons (Fsp3) is 0.700. The zero-order valence-corrected chi connectivity index (χ0v) is 10.8. The molecule has 0 aliphatic heterocycles. The molecule has 80 valence electrons. The molecule has 0 saturated carbocycles. The fourth-order valence-electron chi connectivity index (χ4n) is 1.37. The van der Waals surface area contributed by atoms with Crippen LogP contribution in [-0.4, -0.2) is 23.1 Å². The Morgan fingerprint density at radius 1 is 1.50 bits per heavy atom. The number of rotatable bonds is 4. The van der Waals surface area contributed by atoms with Crippen molar-refractivity contribution in [3.05, 3.63) is 16.1 Å². The molecule has 0 spiro atoms. The standard InChI is InChI=1S/C10H18BrN3/c1-7(2)9-10(11)14(4)8(13-9)5-6-12-3/h7,12H,5-6H2,1-4H3. The Labute approximate surface area is 94.0 Å². The largest absolute Gasteiger partial charge is 0.326 e. The Bertz CT molecular complexity index is 305. The second-order valence-corrected chi connectivity index (χ2v) is 4.52. The van der Waals surface area contributed by atoms with E-state index in [1.165, 1.54) is 0 Å². The van der Waals surface area contributed by atoms with Gasteiger partial charge in [0.1, 0.15) is 10.4 Å². The van der Waals surface area contributed by atoms with Crippen LogP contribution < -0.4 is 5.32 Å². The zero-order valence-electron chi connectivity index (χ0n) is 9.26. The number of hydrogen-bond donors (Lipinski definition) is 1. The molecule has 0 atom stereocenters. The monoisotopic (exact) mass is 259 g/mol. The summed E-state index contributed by atoms with van der Waals surface area (Å²) in [5.41, 5.74) is 1.15. The van der Waals surface area contributed by atoms with Gasteiger partial charge in [0, 0.05) is 20.0 Å². The van der Waals surface area contributed by atoms with E-state index in [9.17, 15) is 0 Å². The lowest BCUT2D eigenvalue weighted by atomic mass is 10.2. The Morgan fingerprint density at radius 2 is 2.14 bits per heavy atom. The summed E-state index contributed by atoms with van der Waals surface area (Å²) in [6.07, 6.45) is 0.971. The van der Waals surface area contributed by atoms with Gasteiger partial charge in [-0.2, -0.15) is 0 Å². The number of nitrogens with zero attached hydrogens (tertiary/aromatic N) is 2. The molecule has 3 nitrogen and oxygen atoms in total. The molecule has 1 aromatic heterocycles. The summed E-state index contributed by atoms with van der Waals surface area (Å²) in [5, 5.41) is 3.13. The van der Waals surface area contributed by atoms with Crippen LogP contribution in [-0.2, 0) is 13.5 Å². The number of hydrogen-bond acceptors (Lipinski definition) is 2. The van der Waals surface area contributed by atoms with Gasteiger partial charge in [0.15, 0.2) is 0 Å². The molecule has 0 bridgehead atoms. The summed E-state index contributed by atoms with van der Waals surface area (Å²) in [6.45, 7) is 5.29. The van der Waals surface area contributed by atoms with E-state index in [2.05, 4.69) is 44.6 Å². The summed E-state index contributed by atoms with van der Waals surface area (Å²) in [6, 6.07) is 0. The van der Waals surface area contributed by atoms with Gasteiger partial charge in [0.25, 0.3) is 0 Å². The van der Waals surface area contributed by atoms with Gasteiger partial charge in [-0.05, 0) is 28.9 Å². The molecule has 14 heavy (non-hydrogen) atoms. The first-order valence-corrected chi connectivity index (χ1v) is 5.72. The highest BCUT2D eigenvalue weighted by Gasteiger charge is 2.14. The Kier molecular flexibility index (Phi) is 4.13. The molecule has 1 heterocycles. The molecule has 0 radical (unpaired) electrons. The highest BCUT2D eigenvalue weighted by Crippen LogP contribution is 2.24. The first kappa shape index (κ1) is 11.7. The van der Waals surface area contributed by atoms with E-state index in [0.717, 1.165) is 29.1 Å². The Balaban J connectivity index is 2.91. The van der Waals surface area contributed by atoms with E-state index >= 15 is 0 Å². The third-order valence-corrected chi connectivity index (χ3v) is 3.23. The molecule has 1 aromatic rings. The van der Waals surface area contributed by atoms with Gasteiger partial charge in [-0.15, -0.1) is 0 Å². The number of likely N-dealkylation sites (N-methyl/N-ethyl adjacent to an activating group) is 1. The third kappa shape index (κ3) is 2.36. The van der Waals surface area contributed by atoms with Crippen molar-refractivity contribution in [2.24, 2.45) is 7.05 Å². The van der Waals surface area contributed by atoms with Gasteiger partial charge in [-0.1, -0.05) is 13.8 Å². The molecule has 0 unspecified atom stereocenters. The van der Waals surface area contributed by atoms with Gasteiger partial charge in [0.05, 0.1) is 5.69 Å². The lowest BCUT2D eigenvalue weighted by Gasteiger charge is -2.01. The van der Waals surface area contributed by atoms with E-state index in [1.807, 2.05) is 14.1 Å². The van der Waals surface area contributed by atoms with Crippen LogP contribution in [0.5, 0.6) is 0 Å². The summed E-state index contributed by atoms with van der Waals surface area (Å²) >= 11 is 3.57. The molecule has 0 aliphatic rings. The van der Waals surface area contributed by atoms with Crippen LogP contribution in [0.4, 0.5) is 0 Å². The maximum atomic E-state index is 4.62. The van der Waals surface area contributed by atoms with Crippen molar-refractivity contribution < 1.29 is 0 Å². The quantitative estimate of drug-likeness (QED) is 0.898. The number of halogens is 1. The third-order valence-electron chi connectivity index (χ3n) is 2.29. The Hall–Kier alpha value is -0.350. The van der Waals surface area contributed by atoms with Crippen LogP contribution in [0, 0.1) is 0 Å². The molecule has 0 saturated heterocycles. The first-order chi connectivity index (χ1) is 6.57. The molecule has 0 aromatic carbocycles. The first-order valence-electron chi connectivity index (χ1n) is 4.93. The molecular weight excluding hydrogens is 242 g/mol. The van der Waals surface area contributed by atoms with Crippen molar-refractivity contribution in [3.8, 4) is 0 Å². The summed E-state index contributed by atoms with van der Waals surface area (Å²) < 4.78 is 3.23. The predicted molar refractivity (Wildman–Crippen MR) is 62.6 cm³/mol. The van der Waals surface area contributed by atoms with Crippen molar-refractivity contribution >= 4 is 15.9 Å². The van der Waals surface area contributed by atoms with E-state index in [-0.39, 0.29) is 0 Å². The summed E-state index contributed by atoms with van der Waals surface area (Å²) in [7, 11) is 4.01. The second-order valence-electron chi connectivity index (χ2n) is 3.77. The van der Waals surface area contributed by atoms with Gasteiger partial charge in [-0.25, -0.2) is 4.98 Å². The summed E-state index contributed by atoms with van der Waals surface area (Å²) in [4.78, 5) is 4.62. The van der Waals surface area contributed by atoms with E-state index in [4.69, 9.17) is 0 Å². The fourth-order valence-corrected chi connectivity index (χ4v) is 2.12. The van der Waals surface area contributed by atoms with Gasteiger partial charge >= 0.3 is 0 Å². The van der Waals surface area contributed by atoms with Gasteiger partial charge in [-0.3, -0.25) is 0 Å². The topological polar surface area (TPSA) is 29.9 Å². The van der Waals surface area contributed by atoms with Crippen molar-refractivity contribution in [2.45, 2.75) is 26.2 Å². The molecule has 4 heteroatoms. The van der Waals surface area contributed by atoms with E-state index in [1.54, 1.807) is 0 Å². The lowest BCUT2D eigenvalue weighted by molar-refractivity contribution is 0.712. The van der Waals surface area contributed by atoms with Gasteiger partial charge < -0.3 is 9.88 Å². The van der Waals surface area contributed by atoms with Crippen LogP contribution in [0.25, 0.3) is 0 Å². The SMILES string of the molecule is CNCCc1nc(C(C)C)c(Br)n1C. The molecule has 0 amide bonds. The molecular formula is C10H18BrN3. The maximum absolute atomic E-state index is 4.62. The Morgan fingerprint density at radius 3 is 2.57 bits per heavy atom. The molecule has 0 fully saturated rings. The average Bonchev–Trinajstić information content (AvgIpc) is 2.42. The maximum Gasteiger partial charge on any atom is 0.110 e. The van der Waals surface area contributed by atoms with Crippen LogP contribution in [0.1, 0.15) is 31.3 Å². The number of imidazole rings is 1. The molecule has 1 rings (SSSR count). The predicted octanol–water partition coefficient (Wildman–Crippen LogP) is 2.07. The van der Waals surface area contributed by atoms with Crippen molar-refractivity contribution in [1.82, 2.24) is 14.9 Å². The molecule has 0 aliphatic carbocycles. The number of nitrogens with one attached hydrogen (secondary N) is 1. The zero-order chi connectivity index (χ0) is 10.7. The highest BCUT2D eigenvalue weighted by molar-refractivity contribution is 9.10. The average molecular weight is 260 g/mol. The van der Waals surface area contributed by atoms with E-state index in [0.29, 0.717) is 5.92 Å². The van der Waals surface area contributed by atoms with Crippen molar-refractivity contribution in [1.29, 1.82) is 0 Å². The normalized spacial score (nSPS) is 11.3. The highest BCUT2D eigenvalue weighted by atomic mass is 79.9. The van der Waals surface area contributed by atoms with Crippen molar-refractivity contribution in [3.63, 3.8) is 0 Å². The minimum atomic E-state index is 0.471.